The molecule has 15 heavy (non-hydrogen) atoms. The highest BCUT2D eigenvalue weighted by Crippen LogP contribution is 2.32. The molecule has 1 saturated heterocycles. The SMILES string of the molecule is CCC(C)NC1(CO)CCOC(C)(C)C1. The van der Waals surface area contributed by atoms with Crippen LogP contribution in [0.1, 0.15) is 47.0 Å². The van der Waals surface area contributed by atoms with Crippen molar-refractivity contribution in [2.24, 2.45) is 0 Å². The Morgan fingerprint density at radius 2 is 2.13 bits per heavy atom. The highest BCUT2D eigenvalue weighted by Gasteiger charge is 2.40. The molecule has 0 aromatic rings. The normalized spacial score (nSPS) is 32.6. The molecule has 2 atom stereocenters. The number of rotatable bonds is 4. The molecule has 0 aromatic carbocycles. The molecule has 2 unspecified atom stereocenters. The van der Waals surface area contributed by atoms with Crippen LogP contribution in [0.25, 0.3) is 0 Å². The van der Waals surface area contributed by atoms with Gasteiger partial charge in [-0.1, -0.05) is 6.92 Å². The zero-order valence-electron chi connectivity index (χ0n) is 10.5. The van der Waals surface area contributed by atoms with Gasteiger partial charge in [0.05, 0.1) is 12.2 Å². The van der Waals surface area contributed by atoms with Crippen molar-refractivity contribution in [2.75, 3.05) is 13.2 Å². The van der Waals surface area contributed by atoms with Crippen LogP contribution in [0, 0.1) is 0 Å². The van der Waals surface area contributed by atoms with E-state index in [0.29, 0.717) is 6.04 Å². The second kappa shape index (κ2) is 4.81. The maximum absolute atomic E-state index is 9.60. The van der Waals surface area contributed by atoms with Crippen LogP contribution >= 0.6 is 0 Å². The molecule has 1 heterocycles. The summed E-state index contributed by atoms with van der Waals surface area (Å²) in [5.41, 5.74) is -0.265. The topological polar surface area (TPSA) is 41.5 Å². The van der Waals surface area contributed by atoms with Crippen molar-refractivity contribution >= 4 is 0 Å². The minimum absolute atomic E-state index is 0.124. The standard InChI is InChI=1S/C12H25NO2/c1-5-10(2)13-12(9-14)6-7-15-11(3,4)8-12/h10,13-14H,5-9H2,1-4H3. The van der Waals surface area contributed by atoms with Gasteiger partial charge in [0.25, 0.3) is 0 Å². The molecule has 0 bridgehead atoms. The largest absolute Gasteiger partial charge is 0.394 e. The summed E-state index contributed by atoms with van der Waals surface area (Å²) in [5.74, 6) is 0. The number of hydrogen-bond donors (Lipinski definition) is 2. The highest BCUT2D eigenvalue weighted by molar-refractivity contribution is 4.97. The maximum Gasteiger partial charge on any atom is 0.0645 e. The monoisotopic (exact) mass is 215 g/mol. The fourth-order valence-corrected chi connectivity index (χ4v) is 2.41. The maximum atomic E-state index is 9.60. The van der Waals surface area contributed by atoms with Gasteiger partial charge in [-0.15, -0.1) is 0 Å². The van der Waals surface area contributed by atoms with E-state index in [2.05, 4.69) is 33.0 Å². The molecule has 0 aromatic heterocycles. The molecule has 1 aliphatic heterocycles. The van der Waals surface area contributed by atoms with Crippen molar-refractivity contribution < 1.29 is 9.84 Å². The molecule has 1 rings (SSSR count). The number of nitrogens with one attached hydrogen (secondary N) is 1. The number of hydrogen-bond acceptors (Lipinski definition) is 3. The van der Waals surface area contributed by atoms with Crippen molar-refractivity contribution in [3.63, 3.8) is 0 Å². The van der Waals surface area contributed by atoms with E-state index in [1.54, 1.807) is 0 Å². The summed E-state index contributed by atoms with van der Waals surface area (Å²) >= 11 is 0. The smallest absolute Gasteiger partial charge is 0.0645 e. The van der Waals surface area contributed by atoms with E-state index in [0.717, 1.165) is 25.9 Å². The molecule has 3 heteroatoms. The van der Waals surface area contributed by atoms with Crippen LogP contribution in [0.5, 0.6) is 0 Å². The molecular formula is C12H25NO2. The number of aliphatic hydroxyl groups is 1. The van der Waals surface area contributed by atoms with Crippen LogP contribution in [0.15, 0.2) is 0 Å². The van der Waals surface area contributed by atoms with Gasteiger partial charge in [-0.05, 0) is 40.0 Å². The molecule has 0 spiro atoms. The summed E-state index contributed by atoms with van der Waals surface area (Å²) in [6.45, 7) is 9.44. The van der Waals surface area contributed by atoms with Crippen LogP contribution in [0.4, 0.5) is 0 Å². The minimum atomic E-state index is -0.142. The lowest BCUT2D eigenvalue weighted by Crippen LogP contribution is -2.59. The van der Waals surface area contributed by atoms with Crippen LogP contribution in [-0.4, -0.2) is 35.5 Å². The van der Waals surface area contributed by atoms with Crippen LogP contribution < -0.4 is 5.32 Å². The summed E-state index contributed by atoms with van der Waals surface area (Å²) in [7, 11) is 0. The Morgan fingerprint density at radius 1 is 1.47 bits per heavy atom. The van der Waals surface area contributed by atoms with Gasteiger partial charge in [0.15, 0.2) is 0 Å². The van der Waals surface area contributed by atoms with Crippen molar-refractivity contribution in [3.8, 4) is 0 Å². The molecule has 1 fully saturated rings. The Balaban J connectivity index is 2.66. The summed E-state index contributed by atoms with van der Waals surface area (Å²) in [5, 5.41) is 13.2. The van der Waals surface area contributed by atoms with Crippen LogP contribution in [0.3, 0.4) is 0 Å². The molecule has 3 nitrogen and oxygen atoms in total. The Bertz CT molecular complexity index is 206. The average Bonchev–Trinajstić information content (AvgIpc) is 2.16. The van der Waals surface area contributed by atoms with Gasteiger partial charge in [-0.3, -0.25) is 0 Å². The summed E-state index contributed by atoms with van der Waals surface area (Å²) in [6.07, 6.45) is 2.86. The first kappa shape index (κ1) is 12.9. The van der Waals surface area contributed by atoms with Crippen molar-refractivity contribution in [1.82, 2.24) is 5.32 Å². The van der Waals surface area contributed by atoms with E-state index in [9.17, 15) is 5.11 Å². The number of ether oxygens (including phenoxy) is 1. The van der Waals surface area contributed by atoms with E-state index in [4.69, 9.17) is 4.74 Å². The predicted molar refractivity (Wildman–Crippen MR) is 62.0 cm³/mol. The molecule has 0 radical (unpaired) electrons. The first-order valence-corrected chi connectivity index (χ1v) is 5.95. The van der Waals surface area contributed by atoms with Crippen LogP contribution in [-0.2, 0) is 4.74 Å². The fraction of sp³-hybridized carbons (Fsp3) is 1.00. The Kier molecular flexibility index (Phi) is 4.15. The Morgan fingerprint density at radius 3 is 2.60 bits per heavy atom. The fourth-order valence-electron chi connectivity index (χ4n) is 2.41. The van der Waals surface area contributed by atoms with Gasteiger partial charge in [-0.2, -0.15) is 0 Å². The van der Waals surface area contributed by atoms with Gasteiger partial charge in [-0.25, -0.2) is 0 Å². The Labute approximate surface area is 93.2 Å². The van der Waals surface area contributed by atoms with E-state index in [1.165, 1.54) is 0 Å². The second-order valence-corrected chi connectivity index (χ2v) is 5.43. The molecular weight excluding hydrogens is 190 g/mol. The summed E-state index contributed by atoms with van der Waals surface area (Å²) in [4.78, 5) is 0. The first-order chi connectivity index (χ1) is 6.93. The third-order valence-electron chi connectivity index (χ3n) is 3.31. The summed E-state index contributed by atoms with van der Waals surface area (Å²) in [6, 6.07) is 0.450. The molecule has 0 amide bonds. The zero-order valence-corrected chi connectivity index (χ0v) is 10.5. The van der Waals surface area contributed by atoms with E-state index in [-0.39, 0.29) is 17.7 Å². The lowest BCUT2D eigenvalue weighted by Gasteiger charge is -2.45. The van der Waals surface area contributed by atoms with Gasteiger partial charge >= 0.3 is 0 Å². The molecule has 90 valence electrons. The van der Waals surface area contributed by atoms with Gasteiger partial charge < -0.3 is 15.2 Å². The predicted octanol–water partition coefficient (Wildman–Crippen LogP) is 1.69. The molecule has 2 N–H and O–H groups in total. The van der Waals surface area contributed by atoms with Gasteiger partial charge in [0.2, 0.25) is 0 Å². The third-order valence-corrected chi connectivity index (χ3v) is 3.31. The van der Waals surface area contributed by atoms with E-state index in [1.807, 2.05) is 0 Å². The van der Waals surface area contributed by atoms with Crippen LogP contribution in [0.2, 0.25) is 0 Å². The third kappa shape index (κ3) is 3.44. The molecule has 0 saturated carbocycles. The first-order valence-electron chi connectivity index (χ1n) is 5.95. The van der Waals surface area contributed by atoms with E-state index >= 15 is 0 Å². The second-order valence-electron chi connectivity index (χ2n) is 5.43. The minimum Gasteiger partial charge on any atom is -0.394 e. The van der Waals surface area contributed by atoms with Crippen molar-refractivity contribution in [2.45, 2.75) is 64.1 Å². The zero-order chi connectivity index (χ0) is 11.5. The molecule has 0 aliphatic carbocycles. The quantitative estimate of drug-likeness (QED) is 0.750. The van der Waals surface area contributed by atoms with E-state index < -0.39 is 0 Å². The number of aliphatic hydroxyl groups excluding tert-OH is 1. The van der Waals surface area contributed by atoms with Crippen molar-refractivity contribution in [3.05, 3.63) is 0 Å². The lowest BCUT2D eigenvalue weighted by molar-refractivity contribution is -0.100. The average molecular weight is 215 g/mol. The van der Waals surface area contributed by atoms with Gasteiger partial charge in [0.1, 0.15) is 0 Å². The van der Waals surface area contributed by atoms with Gasteiger partial charge in [0, 0.05) is 18.2 Å². The molecule has 1 aliphatic rings. The van der Waals surface area contributed by atoms with Crippen molar-refractivity contribution in [1.29, 1.82) is 0 Å². The Hall–Kier alpha value is -0.120. The lowest BCUT2D eigenvalue weighted by atomic mass is 9.81. The summed E-state index contributed by atoms with van der Waals surface area (Å²) < 4.78 is 5.69. The highest BCUT2D eigenvalue weighted by atomic mass is 16.5.